The maximum atomic E-state index is 6.91. The summed E-state index contributed by atoms with van der Waals surface area (Å²) in [5.41, 5.74) is 5.11. The van der Waals surface area contributed by atoms with E-state index in [0.717, 1.165) is 5.82 Å². The van der Waals surface area contributed by atoms with Crippen molar-refractivity contribution in [1.82, 2.24) is 4.98 Å². The molecule has 5 N–H and O–H groups in total. The molecular formula is C6H9ClN4. The van der Waals surface area contributed by atoms with Gasteiger partial charge in [-0.1, -0.05) is 6.07 Å². The van der Waals surface area contributed by atoms with Gasteiger partial charge in [-0.05, 0) is 6.07 Å². The second-order valence-electron chi connectivity index (χ2n) is 1.85. The number of nitrogens with zero attached hydrogens (tertiary/aromatic N) is 1. The summed E-state index contributed by atoms with van der Waals surface area (Å²) in [5.74, 6) is 0.744. The van der Waals surface area contributed by atoms with E-state index in [1.165, 1.54) is 5.32 Å². The van der Waals surface area contributed by atoms with Crippen molar-refractivity contribution in [2.75, 3.05) is 0 Å². The lowest BCUT2D eigenvalue weighted by molar-refractivity contribution is -0.451. The van der Waals surface area contributed by atoms with Gasteiger partial charge < -0.3 is 18.1 Å². The zero-order valence-corrected chi connectivity index (χ0v) is 6.55. The summed E-state index contributed by atoms with van der Waals surface area (Å²) >= 11 is 0. The first-order valence-electron chi connectivity index (χ1n) is 2.89. The van der Waals surface area contributed by atoms with Crippen LogP contribution in [0.3, 0.4) is 0 Å². The molecule has 0 saturated carbocycles. The number of guanidine groups is 1. The van der Waals surface area contributed by atoms with Crippen LogP contribution in [0.5, 0.6) is 0 Å². The number of rotatable bonds is 1. The fraction of sp³-hybridized carbons (Fsp3) is 0. The molecule has 0 bridgehead atoms. The minimum Gasteiger partial charge on any atom is -1.00 e. The van der Waals surface area contributed by atoms with Crippen LogP contribution in [0.4, 0.5) is 5.82 Å². The molecule has 0 saturated heterocycles. The molecule has 0 aliphatic rings. The van der Waals surface area contributed by atoms with Gasteiger partial charge in [0.25, 0.3) is 5.96 Å². The van der Waals surface area contributed by atoms with Crippen molar-refractivity contribution in [3.8, 4) is 0 Å². The number of quaternary nitrogens is 1. The predicted molar refractivity (Wildman–Crippen MR) is 37.7 cm³/mol. The van der Waals surface area contributed by atoms with Gasteiger partial charge in [-0.25, -0.2) is 15.7 Å². The zero-order chi connectivity index (χ0) is 7.40. The first kappa shape index (κ1) is 9.87. The standard InChI is InChI=1S/C6H8N4.ClH/c7-6(8)10-5-3-1-2-4-9-5;/h1-4H,(H4,7,8,9,10);1H. The van der Waals surface area contributed by atoms with Crippen LogP contribution in [0.1, 0.15) is 0 Å². The number of nitrogens with one attached hydrogen (secondary N) is 1. The SMILES string of the molecule is N=C(N)[NH2+]c1ccccn1.[Cl-]. The number of hydrogen-bond donors (Lipinski definition) is 3. The van der Waals surface area contributed by atoms with Crippen LogP contribution < -0.4 is 23.5 Å². The van der Waals surface area contributed by atoms with Crippen molar-refractivity contribution in [2.24, 2.45) is 5.73 Å². The lowest BCUT2D eigenvalue weighted by Crippen LogP contribution is -3.00. The van der Waals surface area contributed by atoms with Gasteiger partial charge in [0.2, 0.25) is 5.82 Å². The number of aromatic nitrogens is 1. The van der Waals surface area contributed by atoms with Gasteiger partial charge in [0.05, 0.1) is 0 Å². The Balaban J connectivity index is 0.000001000. The van der Waals surface area contributed by atoms with Crippen LogP contribution in [0, 0.1) is 5.41 Å². The molecule has 1 heterocycles. The third-order valence-corrected chi connectivity index (χ3v) is 0.991. The fourth-order valence-corrected chi connectivity index (χ4v) is 0.621. The molecule has 0 spiro atoms. The number of halogens is 1. The maximum absolute atomic E-state index is 6.91. The average molecular weight is 173 g/mol. The molecule has 0 radical (unpaired) electrons. The van der Waals surface area contributed by atoms with E-state index in [9.17, 15) is 0 Å². The molecule has 0 aromatic carbocycles. The molecule has 0 atom stereocenters. The van der Waals surface area contributed by atoms with Gasteiger partial charge in [0.15, 0.2) is 0 Å². The fourth-order valence-electron chi connectivity index (χ4n) is 0.621. The molecule has 60 valence electrons. The molecule has 1 rings (SSSR count). The Morgan fingerprint density at radius 3 is 2.73 bits per heavy atom. The summed E-state index contributed by atoms with van der Waals surface area (Å²) in [5, 5.41) is 8.41. The smallest absolute Gasteiger partial charge is 0.295 e. The minimum atomic E-state index is 0. The van der Waals surface area contributed by atoms with Crippen LogP contribution in [-0.2, 0) is 0 Å². The van der Waals surface area contributed by atoms with Crippen molar-refractivity contribution in [2.45, 2.75) is 0 Å². The lowest BCUT2D eigenvalue weighted by atomic mass is 10.5. The van der Waals surface area contributed by atoms with E-state index < -0.39 is 0 Å². The lowest BCUT2D eigenvalue weighted by Gasteiger charge is -1.92. The number of hydrogen-bond acceptors (Lipinski definition) is 2. The highest BCUT2D eigenvalue weighted by molar-refractivity contribution is 5.65. The van der Waals surface area contributed by atoms with Crippen LogP contribution >= 0.6 is 0 Å². The van der Waals surface area contributed by atoms with Crippen molar-refractivity contribution in [3.05, 3.63) is 24.4 Å². The summed E-state index contributed by atoms with van der Waals surface area (Å²) in [7, 11) is 0. The number of pyridine rings is 1. The first-order valence-corrected chi connectivity index (χ1v) is 2.89. The van der Waals surface area contributed by atoms with Crippen molar-refractivity contribution >= 4 is 11.8 Å². The van der Waals surface area contributed by atoms with E-state index in [4.69, 9.17) is 11.1 Å². The van der Waals surface area contributed by atoms with Gasteiger partial charge in [0, 0.05) is 12.3 Å². The Hall–Kier alpha value is -1.13. The Labute approximate surface area is 70.7 Å². The molecule has 5 heteroatoms. The highest BCUT2D eigenvalue weighted by atomic mass is 35.5. The quantitative estimate of drug-likeness (QED) is 0.300. The average Bonchev–Trinajstić information content (AvgIpc) is 1.88. The van der Waals surface area contributed by atoms with E-state index in [1.807, 2.05) is 12.1 Å². The van der Waals surface area contributed by atoms with Gasteiger partial charge >= 0.3 is 0 Å². The Morgan fingerprint density at radius 1 is 1.55 bits per heavy atom. The molecule has 0 aliphatic heterocycles. The largest absolute Gasteiger partial charge is 1.00 e. The molecule has 0 aliphatic carbocycles. The predicted octanol–water partition coefficient (Wildman–Crippen LogP) is -3.83. The molecular weight excluding hydrogens is 164 g/mol. The zero-order valence-electron chi connectivity index (χ0n) is 5.79. The molecule has 1 aromatic heterocycles. The van der Waals surface area contributed by atoms with E-state index in [-0.39, 0.29) is 18.4 Å². The van der Waals surface area contributed by atoms with E-state index in [1.54, 1.807) is 12.3 Å². The van der Waals surface area contributed by atoms with Gasteiger partial charge in [-0.15, -0.1) is 0 Å². The minimum absolute atomic E-state index is 0. The van der Waals surface area contributed by atoms with Gasteiger partial charge in [0.1, 0.15) is 0 Å². The molecule has 1 aromatic rings. The van der Waals surface area contributed by atoms with E-state index in [0.29, 0.717) is 0 Å². The second-order valence-corrected chi connectivity index (χ2v) is 1.85. The molecule has 0 fully saturated rings. The maximum Gasteiger partial charge on any atom is 0.295 e. The highest BCUT2D eigenvalue weighted by Gasteiger charge is 1.96. The summed E-state index contributed by atoms with van der Waals surface area (Å²) in [6.45, 7) is 0. The Morgan fingerprint density at radius 2 is 2.27 bits per heavy atom. The van der Waals surface area contributed by atoms with Gasteiger partial charge in [-0.3, -0.25) is 0 Å². The van der Waals surface area contributed by atoms with Crippen LogP contribution in [-0.4, -0.2) is 10.9 Å². The van der Waals surface area contributed by atoms with E-state index in [2.05, 4.69) is 4.98 Å². The number of nitrogens with two attached hydrogens (primary N) is 2. The molecule has 4 nitrogen and oxygen atoms in total. The third-order valence-electron chi connectivity index (χ3n) is 0.991. The Kier molecular flexibility index (Phi) is 4.17. The monoisotopic (exact) mass is 172 g/mol. The summed E-state index contributed by atoms with van der Waals surface area (Å²) in [6, 6.07) is 5.46. The third kappa shape index (κ3) is 3.54. The first-order chi connectivity index (χ1) is 4.79. The van der Waals surface area contributed by atoms with Crippen LogP contribution in [0.2, 0.25) is 0 Å². The summed E-state index contributed by atoms with van der Waals surface area (Å²) in [4.78, 5) is 3.94. The molecule has 0 amide bonds. The summed E-state index contributed by atoms with van der Waals surface area (Å²) < 4.78 is 0. The highest BCUT2D eigenvalue weighted by Crippen LogP contribution is 1.88. The molecule has 11 heavy (non-hydrogen) atoms. The van der Waals surface area contributed by atoms with E-state index >= 15 is 0 Å². The topological polar surface area (TPSA) is 79.4 Å². The Bertz CT molecular complexity index is 223. The van der Waals surface area contributed by atoms with Crippen LogP contribution in [0.25, 0.3) is 0 Å². The second kappa shape index (κ2) is 4.65. The molecule has 0 unspecified atom stereocenters. The van der Waals surface area contributed by atoms with Crippen molar-refractivity contribution in [3.63, 3.8) is 0 Å². The summed E-state index contributed by atoms with van der Waals surface area (Å²) in [6.07, 6.45) is 1.66. The van der Waals surface area contributed by atoms with Gasteiger partial charge in [-0.2, -0.15) is 0 Å². The van der Waals surface area contributed by atoms with Crippen molar-refractivity contribution in [1.29, 1.82) is 5.41 Å². The van der Waals surface area contributed by atoms with Crippen LogP contribution in [0.15, 0.2) is 24.4 Å². The van der Waals surface area contributed by atoms with Crippen molar-refractivity contribution < 1.29 is 17.7 Å². The normalized spacial score (nSPS) is 8.36.